The Labute approximate surface area is 248 Å². The molecule has 234 valence electrons. The fraction of sp³-hybridized carbons (Fsp3) is 0.323. The van der Waals surface area contributed by atoms with Crippen LogP contribution in [0.5, 0.6) is 0 Å². The number of halogens is 6. The van der Waals surface area contributed by atoms with Gasteiger partial charge in [0, 0.05) is 16.9 Å². The summed E-state index contributed by atoms with van der Waals surface area (Å²) in [4.78, 5) is 37.5. The molecule has 0 heterocycles. The molecule has 0 radical (unpaired) electrons. The maximum atomic E-state index is 14.0. The lowest BCUT2D eigenvalue weighted by Gasteiger charge is -2.26. The highest BCUT2D eigenvalue weighted by Gasteiger charge is 2.39. The monoisotopic (exact) mass is 621 g/mol. The highest BCUT2D eigenvalue weighted by molar-refractivity contribution is 6.01. The molecular weight excluding hydrogens is 592 g/mol. The van der Waals surface area contributed by atoms with Gasteiger partial charge in [-0.1, -0.05) is 43.5 Å². The van der Waals surface area contributed by atoms with Crippen molar-refractivity contribution in [1.29, 1.82) is 0 Å². The first-order valence-corrected chi connectivity index (χ1v) is 13.8. The van der Waals surface area contributed by atoms with Gasteiger partial charge >= 0.3 is 24.1 Å². The zero-order valence-electron chi connectivity index (χ0n) is 23.3. The SMILES string of the molecule is O=C(NCC(F)(F)C(=O)O)c1ccc(CN(C(=O)Nc2cc(F)cc(C(F)(F)F)c2)c2ccc(C3CCCCC3)cc2)cc1. The minimum Gasteiger partial charge on any atom is -0.477 e. The Kier molecular flexibility index (Phi) is 9.85. The van der Waals surface area contributed by atoms with E-state index in [0.717, 1.165) is 37.3 Å². The van der Waals surface area contributed by atoms with Gasteiger partial charge in [-0.05, 0) is 72.4 Å². The molecule has 3 aromatic rings. The van der Waals surface area contributed by atoms with Crippen LogP contribution in [-0.4, -0.2) is 35.5 Å². The average Bonchev–Trinajstić information content (AvgIpc) is 2.98. The van der Waals surface area contributed by atoms with Gasteiger partial charge in [0.05, 0.1) is 18.7 Å². The average molecular weight is 622 g/mol. The summed E-state index contributed by atoms with van der Waals surface area (Å²) in [6.07, 6.45) is 0.647. The minimum absolute atomic E-state index is 0.0535. The van der Waals surface area contributed by atoms with Gasteiger partial charge < -0.3 is 15.7 Å². The third-order valence-corrected chi connectivity index (χ3v) is 7.34. The number of hydrogen-bond donors (Lipinski definition) is 3. The second-order valence-electron chi connectivity index (χ2n) is 10.6. The second-order valence-corrected chi connectivity index (χ2v) is 10.6. The van der Waals surface area contributed by atoms with Crippen molar-refractivity contribution in [2.45, 2.75) is 56.7 Å². The summed E-state index contributed by atoms with van der Waals surface area (Å²) in [5.74, 6) is -8.29. The van der Waals surface area contributed by atoms with Gasteiger partial charge in [0.1, 0.15) is 5.82 Å². The summed E-state index contributed by atoms with van der Waals surface area (Å²) in [5, 5.41) is 12.7. The number of aliphatic carboxylic acids is 1. The lowest BCUT2D eigenvalue weighted by Crippen LogP contribution is -2.42. The summed E-state index contributed by atoms with van der Waals surface area (Å²) >= 11 is 0. The van der Waals surface area contributed by atoms with Crippen molar-refractivity contribution >= 4 is 29.3 Å². The number of urea groups is 1. The summed E-state index contributed by atoms with van der Waals surface area (Å²) < 4.78 is 80.4. The molecule has 0 saturated heterocycles. The van der Waals surface area contributed by atoms with Crippen LogP contribution in [0.15, 0.2) is 66.7 Å². The highest BCUT2D eigenvalue weighted by Crippen LogP contribution is 2.34. The van der Waals surface area contributed by atoms with E-state index < -0.39 is 53.6 Å². The predicted molar refractivity (Wildman–Crippen MR) is 150 cm³/mol. The first kappa shape index (κ1) is 32.4. The van der Waals surface area contributed by atoms with Crippen LogP contribution in [-0.2, 0) is 17.5 Å². The molecule has 0 aliphatic heterocycles. The van der Waals surface area contributed by atoms with E-state index >= 15 is 0 Å². The molecule has 44 heavy (non-hydrogen) atoms. The second kappa shape index (κ2) is 13.4. The van der Waals surface area contributed by atoms with E-state index in [1.807, 2.05) is 17.4 Å². The number of alkyl halides is 5. The molecule has 3 aromatic carbocycles. The molecule has 1 saturated carbocycles. The van der Waals surface area contributed by atoms with Crippen LogP contribution in [0.1, 0.15) is 65.1 Å². The van der Waals surface area contributed by atoms with Crippen molar-refractivity contribution in [2.75, 3.05) is 16.8 Å². The maximum absolute atomic E-state index is 14.0. The molecule has 0 aromatic heterocycles. The van der Waals surface area contributed by atoms with Gasteiger partial charge in [-0.15, -0.1) is 0 Å². The van der Waals surface area contributed by atoms with Crippen molar-refractivity contribution in [3.05, 3.63) is 94.8 Å². The fourth-order valence-corrected chi connectivity index (χ4v) is 4.97. The quantitative estimate of drug-likeness (QED) is 0.215. The van der Waals surface area contributed by atoms with E-state index in [0.29, 0.717) is 29.3 Å². The maximum Gasteiger partial charge on any atom is 0.416 e. The van der Waals surface area contributed by atoms with Gasteiger partial charge in [-0.3, -0.25) is 9.69 Å². The molecule has 0 bridgehead atoms. The Morgan fingerprint density at radius 2 is 1.50 bits per heavy atom. The third kappa shape index (κ3) is 8.29. The lowest BCUT2D eigenvalue weighted by molar-refractivity contribution is -0.163. The molecule has 3 amide bonds. The summed E-state index contributed by atoms with van der Waals surface area (Å²) in [7, 11) is 0. The van der Waals surface area contributed by atoms with Crippen molar-refractivity contribution in [1.82, 2.24) is 5.32 Å². The zero-order chi connectivity index (χ0) is 32.1. The number of rotatable bonds is 9. The Bertz CT molecular complexity index is 1490. The van der Waals surface area contributed by atoms with E-state index in [9.17, 15) is 40.7 Å². The minimum atomic E-state index is -4.84. The van der Waals surface area contributed by atoms with Gasteiger partial charge in [0.2, 0.25) is 0 Å². The van der Waals surface area contributed by atoms with E-state index in [-0.39, 0.29) is 12.1 Å². The van der Waals surface area contributed by atoms with Gasteiger partial charge in [-0.2, -0.15) is 22.0 Å². The smallest absolute Gasteiger partial charge is 0.416 e. The van der Waals surface area contributed by atoms with Crippen LogP contribution in [0, 0.1) is 5.82 Å². The number of benzene rings is 3. The number of amides is 3. The predicted octanol–water partition coefficient (Wildman–Crippen LogP) is 7.58. The zero-order valence-corrected chi connectivity index (χ0v) is 23.3. The Hall–Kier alpha value is -4.55. The molecule has 0 atom stereocenters. The first-order chi connectivity index (χ1) is 20.7. The fourth-order valence-electron chi connectivity index (χ4n) is 4.97. The molecule has 3 N–H and O–H groups in total. The number of carbonyl (C=O) groups is 3. The number of carboxylic acids is 1. The first-order valence-electron chi connectivity index (χ1n) is 13.8. The number of carboxylic acid groups (broad SMARTS) is 1. The number of hydrogen-bond acceptors (Lipinski definition) is 3. The third-order valence-electron chi connectivity index (χ3n) is 7.34. The molecular formula is C31H29F6N3O4. The number of carbonyl (C=O) groups excluding carboxylic acids is 2. The van der Waals surface area contributed by atoms with Crippen LogP contribution < -0.4 is 15.5 Å². The summed E-state index contributed by atoms with van der Waals surface area (Å²) in [5.41, 5.74) is 0.216. The van der Waals surface area contributed by atoms with Crippen molar-refractivity contribution in [3.8, 4) is 0 Å². The molecule has 13 heteroatoms. The van der Waals surface area contributed by atoms with Crippen LogP contribution in [0.2, 0.25) is 0 Å². The summed E-state index contributed by atoms with van der Waals surface area (Å²) in [6, 6.07) is 13.5. The van der Waals surface area contributed by atoms with E-state index in [4.69, 9.17) is 5.11 Å². The molecule has 1 aliphatic rings. The van der Waals surface area contributed by atoms with Crippen molar-refractivity contribution < 1.29 is 45.8 Å². The van der Waals surface area contributed by atoms with Gasteiger partial charge in [0.15, 0.2) is 0 Å². The Morgan fingerprint density at radius 3 is 2.09 bits per heavy atom. The molecule has 1 aliphatic carbocycles. The van der Waals surface area contributed by atoms with E-state index in [1.54, 1.807) is 12.1 Å². The molecule has 1 fully saturated rings. The lowest BCUT2D eigenvalue weighted by atomic mass is 9.84. The van der Waals surface area contributed by atoms with Gasteiger partial charge in [0.25, 0.3) is 5.91 Å². The van der Waals surface area contributed by atoms with Crippen LogP contribution in [0.25, 0.3) is 0 Å². The number of nitrogens with zero attached hydrogens (tertiary/aromatic N) is 1. The molecule has 7 nitrogen and oxygen atoms in total. The largest absolute Gasteiger partial charge is 0.477 e. The van der Waals surface area contributed by atoms with Crippen molar-refractivity contribution in [2.24, 2.45) is 0 Å². The standard InChI is InChI=1S/C31H29F6N3O4/c32-24-14-23(31(35,36)37)15-25(16-24)39-29(44)40(26-12-10-21(11-13-26)20-4-2-1-3-5-20)17-19-6-8-22(9-7-19)27(41)38-18-30(33,34)28(42)43/h6-16,20H,1-5,17-18H2,(H,38,41)(H,39,44)(H,42,43). The molecule has 0 unspecified atom stereocenters. The summed E-state index contributed by atoms with van der Waals surface area (Å²) in [6.45, 7) is -1.54. The normalized spacial score (nSPS) is 14.1. The van der Waals surface area contributed by atoms with Crippen LogP contribution in [0.3, 0.4) is 0 Å². The van der Waals surface area contributed by atoms with Gasteiger partial charge in [-0.25, -0.2) is 14.0 Å². The Morgan fingerprint density at radius 1 is 0.864 bits per heavy atom. The topological polar surface area (TPSA) is 98.7 Å². The molecule has 0 spiro atoms. The van der Waals surface area contributed by atoms with E-state index in [2.05, 4.69) is 5.32 Å². The molecule has 4 rings (SSSR count). The highest BCUT2D eigenvalue weighted by atomic mass is 19.4. The number of nitrogens with one attached hydrogen (secondary N) is 2. The van der Waals surface area contributed by atoms with Crippen LogP contribution in [0.4, 0.5) is 42.5 Å². The van der Waals surface area contributed by atoms with E-state index in [1.165, 1.54) is 35.6 Å². The van der Waals surface area contributed by atoms with Crippen LogP contribution >= 0.6 is 0 Å². The number of anilines is 2. The van der Waals surface area contributed by atoms with Crippen molar-refractivity contribution in [3.63, 3.8) is 0 Å². The Balaban J connectivity index is 1.56.